The molecule has 0 aromatic carbocycles. The maximum absolute atomic E-state index is 9.11. The lowest BCUT2D eigenvalue weighted by Gasteiger charge is -2.21. The van der Waals surface area contributed by atoms with Crippen LogP contribution in [0, 0.1) is 5.92 Å². The van der Waals surface area contributed by atoms with E-state index in [1.807, 2.05) is 30.2 Å². The fourth-order valence-electron chi connectivity index (χ4n) is 1.71. The Labute approximate surface area is 102 Å². The lowest BCUT2D eigenvalue weighted by Crippen LogP contribution is -2.22. The quantitative estimate of drug-likeness (QED) is 0.689. The highest BCUT2D eigenvalue weighted by Crippen LogP contribution is 2.19. The monoisotopic (exact) mass is 236 g/mol. The summed E-state index contributed by atoms with van der Waals surface area (Å²) in [5.74, 6) is 0.745. The van der Waals surface area contributed by atoms with E-state index >= 15 is 0 Å². The van der Waals surface area contributed by atoms with Gasteiger partial charge in [-0.3, -0.25) is 0 Å². The number of aliphatic hydroxyl groups excluding tert-OH is 2. The van der Waals surface area contributed by atoms with Crippen LogP contribution in [0.1, 0.15) is 5.56 Å². The number of hydrogen-bond donors (Lipinski definition) is 2. The molecule has 1 rings (SSSR count). The van der Waals surface area contributed by atoms with E-state index in [4.69, 9.17) is 10.2 Å². The van der Waals surface area contributed by atoms with E-state index in [-0.39, 0.29) is 19.1 Å². The summed E-state index contributed by atoms with van der Waals surface area (Å²) in [6.07, 6.45) is 4.18. The average Bonchev–Trinajstić information content (AvgIpc) is 2.36. The van der Waals surface area contributed by atoms with Gasteiger partial charge in [-0.2, -0.15) is 0 Å². The summed E-state index contributed by atoms with van der Waals surface area (Å²) in [7, 11) is 1.94. The van der Waals surface area contributed by atoms with Crippen molar-refractivity contribution in [3.8, 4) is 0 Å². The molecule has 0 aliphatic rings. The van der Waals surface area contributed by atoms with Crippen molar-refractivity contribution in [2.45, 2.75) is 6.42 Å². The molecule has 17 heavy (non-hydrogen) atoms. The van der Waals surface area contributed by atoms with E-state index in [1.54, 1.807) is 6.20 Å². The topological polar surface area (TPSA) is 56.6 Å². The Bertz CT molecular complexity index is 351. The third-order valence-corrected chi connectivity index (χ3v) is 2.66. The first-order chi connectivity index (χ1) is 8.22. The number of rotatable bonds is 7. The van der Waals surface area contributed by atoms with Crippen molar-refractivity contribution in [3.63, 3.8) is 0 Å². The van der Waals surface area contributed by atoms with Gasteiger partial charge in [-0.25, -0.2) is 4.98 Å². The molecular formula is C13H20N2O2. The van der Waals surface area contributed by atoms with Crippen molar-refractivity contribution in [1.82, 2.24) is 4.98 Å². The third kappa shape index (κ3) is 3.84. The van der Waals surface area contributed by atoms with Crippen LogP contribution in [0.25, 0.3) is 0 Å². The number of anilines is 1. The number of pyridine rings is 1. The molecule has 0 saturated carbocycles. The van der Waals surface area contributed by atoms with E-state index in [2.05, 4.69) is 11.6 Å². The van der Waals surface area contributed by atoms with Crippen molar-refractivity contribution in [1.29, 1.82) is 0 Å². The maximum atomic E-state index is 9.11. The van der Waals surface area contributed by atoms with Crippen molar-refractivity contribution < 1.29 is 10.2 Å². The fourth-order valence-corrected chi connectivity index (χ4v) is 1.71. The van der Waals surface area contributed by atoms with Gasteiger partial charge in [-0.1, -0.05) is 12.1 Å². The Balaban J connectivity index is 2.86. The van der Waals surface area contributed by atoms with Gasteiger partial charge in [0.15, 0.2) is 0 Å². The van der Waals surface area contributed by atoms with Gasteiger partial charge in [0.2, 0.25) is 0 Å². The second kappa shape index (κ2) is 7.04. The highest BCUT2D eigenvalue weighted by molar-refractivity contribution is 5.46. The van der Waals surface area contributed by atoms with Crippen molar-refractivity contribution in [3.05, 3.63) is 36.5 Å². The molecule has 0 unspecified atom stereocenters. The summed E-state index contributed by atoms with van der Waals surface area (Å²) in [4.78, 5) is 6.33. The maximum Gasteiger partial charge on any atom is 0.131 e. The standard InChI is InChI=1S/C13H20N2O2/c1-3-7-15(2)13-12(5-4-6-14-13)8-11(9-16)10-17/h3-6,11,16-17H,1,7-10H2,2H3. The third-order valence-electron chi connectivity index (χ3n) is 2.66. The van der Waals surface area contributed by atoms with Gasteiger partial charge in [-0.05, 0) is 18.1 Å². The highest BCUT2D eigenvalue weighted by atomic mass is 16.3. The van der Waals surface area contributed by atoms with Crippen LogP contribution < -0.4 is 4.90 Å². The van der Waals surface area contributed by atoms with Crippen LogP contribution in [0.4, 0.5) is 5.82 Å². The van der Waals surface area contributed by atoms with E-state index in [1.165, 1.54) is 0 Å². The van der Waals surface area contributed by atoms with Gasteiger partial charge in [0, 0.05) is 38.9 Å². The molecule has 94 valence electrons. The molecule has 0 radical (unpaired) electrons. The molecule has 0 saturated heterocycles. The molecule has 0 amide bonds. The predicted octanol–water partition coefficient (Wildman–Crippen LogP) is 0.847. The molecule has 4 heteroatoms. The summed E-state index contributed by atoms with van der Waals surface area (Å²) >= 11 is 0. The van der Waals surface area contributed by atoms with E-state index in [0.717, 1.165) is 11.4 Å². The lowest BCUT2D eigenvalue weighted by atomic mass is 10.0. The second-order valence-corrected chi connectivity index (χ2v) is 4.09. The molecule has 2 N–H and O–H groups in total. The Kier molecular flexibility index (Phi) is 5.66. The second-order valence-electron chi connectivity index (χ2n) is 4.09. The Hall–Kier alpha value is -1.39. The van der Waals surface area contributed by atoms with Gasteiger partial charge in [0.25, 0.3) is 0 Å². The average molecular weight is 236 g/mol. The number of aromatic nitrogens is 1. The molecule has 0 aliphatic heterocycles. The Morgan fingerprint density at radius 2 is 2.18 bits per heavy atom. The zero-order valence-corrected chi connectivity index (χ0v) is 10.2. The summed E-state index contributed by atoms with van der Waals surface area (Å²) in [5.41, 5.74) is 1.03. The van der Waals surface area contributed by atoms with Gasteiger partial charge in [0.05, 0.1) is 0 Å². The van der Waals surface area contributed by atoms with Crippen LogP contribution in [0.2, 0.25) is 0 Å². The fraction of sp³-hybridized carbons (Fsp3) is 0.462. The number of nitrogens with zero attached hydrogens (tertiary/aromatic N) is 2. The summed E-state index contributed by atoms with van der Waals surface area (Å²) in [6, 6.07) is 3.84. The SMILES string of the molecule is C=CCN(C)c1ncccc1CC(CO)CO. The van der Waals surface area contributed by atoms with Gasteiger partial charge in [0.1, 0.15) is 5.82 Å². The molecule has 0 spiro atoms. The Morgan fingerprint density at radius 1 is 1.47 bits per heavy atom. The number of hydrogen-bond acceptors (Lipinski definition) is 4. The number of likely N-dealkylation sites (N-methyl/N-ethyl adjacent to an activating group) is 1. The van der Waals surface area contributed by atoms with Gasteiger partial charge < -0.3 is 15.1 Å². The molecule has 1 aromatic heterocycles. The van der Waals surface area contributed by atoms with Crippen LogP contribution in [-0.4, -0.2) is 42.0 Å². The number of aliphatic hydroxyl groups is 2. The molecule has 0 aliphatic carbocycles. The van der Waals surface area contributed by atoms with Gasteiger partial charge in [-0.15, -0.1) is 6.58 Å². The largest absolute Gasteiger partial charge is 0.396 e. The van der Waals surface area contributed by atoms with E-state index in [9.17, 15) is 0 Å². The van der Waals surface area contributed by atoms with Crippen molar-refractivity contribution in [2.24, 2.45) is 5.92 Å². The van der Waals surface area contributed by atoms with Crippen LogP contribution in [0.5, 0.6) is 0 Å². The van der Waals surface area contributed by atoms with Crippen molar-refractivity contribution in [2.75, 3.05) is 31.7 Å². The normalized spacial score (nSPS) is 10.6. The Morgan fingerprint density at radius 3 is 2.76 bits per heavy atom. The van der Waals surface area contributed by atoms with Gasteiger partial charge >= 0.3 is 0 Å². The first-order valence-electron chi connectivity index (χ1n) is 5.70. The minimum atomic E-state index is -0.130. The van der Waals surface area contributed by atoms with Crippen molar-refractivity contribution >= 4 is 5.82 Å². The minimum absolute atomic E-state index is 0.0179. The molecule has 0 fully saturated rings. The molecule has 1 heterocycles. The minimum Gasteiger partial charge on any atom is -0.396 e. The zero-order chi connectivity index (χ0) is 12.7. The van der Waals surface area contributed by atoms with Crippen LogP contribution in [-0.2, 0) is 6.42 Å². The first-order valence-corrected chi connectivity index (χ1v) is 5.70. The zero-order valence-electron chi connectivity index (χ0n) is 10.2. The molecule has 4 nitrogen and oxygen atoms in total. The van der Waals surface area contributed by atoms with Crippen LogP contribution in [0.3, 0.4) is 0 Å². The summed E-state index contributed by atoms with van der Waals surface area (Å²) in [5, 5.41) is 18.2. The lowest BCUT2D eigenvalue weighted by molar-refractivity contribution is 0.150. The molecule has 1 aromatic rings. The van der Waals surface area contributed by atoms with Crippen LogP contribution in [0.15, 0.2) is 31.0 Å². The molecule has 0 atom stereocenters. The smallest absolute Gasteiger partial charge is 0.131 e. The highest BCUT2D eigenvalue weighted by Gasteiger charge is 2.13. The first kappa shape index (κ1) is 13.7. The molecule has 0 bridgehead atoms. The van der Waals surface area contributed by atoms with Crippen LogP contribution >= 0.6 is 0 Å². The van der Waals surface area contributed by atoms with E-state index in [0.29, 0.717) is 13.0 Å². The molecular weight excluding hydrogens is 216 g/mol. The van der Waals surface area contributed by atoms with E-state index < -0.39 is 0 Å². The summed E-state index contributed by atoms with van der Waals surface area (Å²) in [6.45, 7) is 4.38. The summed E-state index contributed by atoms with van der Waals surface area (Å²) < 4.78 is 0. The predicted molar refractivity (Wildman–Crippen MR) is 69.1 cm³/mol.